The summed E-state index contributed by atoms with van der Waals surface area (Å²) in [5, 5.41) is 4.07. The van der Waals surface area contributed by atoms with E-state index in [1.165, 1.54) is 12.0 Å². The number of carbonyl (C=O) groups is 1. The van der Waals surface area contributed by atoms with Gasteiger partial charge in [-0.15, -0.1) is 0 Å². The monoisotopic (exact) mass is 396 g/mol. The topological polar surface area (TPSA) is 82.0 Å². The molecule has 1 amide bonds. The molecule has 4 rings (SSSR count). The summed E-state index contributed by atoms with van der Waals surface area (Å²) in [7, 11) is 0. The van der Waals surface area contributed by atoms with Crippen LogP contribution in [-0.4, -0.2) is 47.7 Å². The lowest BCUT2D eigenvalue weighted by Gasteiger charge is -2.24. The fourth-order valence-corrected chi connectivity index (χ4v) is 4.28. The van der Waals surface area contributed by atoms with Crippen LogP contribution < -0.4 is 0 Å². The Morgan fingerprint density at radius 2 is 2.21 bits per heavy atom. The summed E-state index contributed by atoms with van der Waals surface area (Å²) in [5.41, 5.74) is 1.19. The zero-order valence-electron chi connectivity index (χ0n) is 17.3. The van der Waals surface area contributed by atoms with Gasteiger partial charge in [0.15, 0.2) is 5.76 Å². The Hall–Kier alpha value is -2.90. The summed E-state index contributed by atoms with van der Waals surface area (Å²) in [4.78, 5) is 23.5. The second-order valence-electron chi connectivity index (χ2n) is 7.97. The van der Waals surface area contributed by atoms with Crippen LogP contribution in [0.15, 0.2) is 35.4 Å². The summed E-state index contributed by atoms with van der Waals surface area (Å²) >= 11 is 0. The molecule has 1 aliphatic rings. The standard InChI is InChI=1S/C21H28N6O2/c1-15(2)27-16(3)11-23-20(27)9-6-17-5-4-10-26(17)21(28)19-8-7-18(29-19)12-25-14-22-13-24-25/h7-8,11,13-15,17H,4-6,9-10,12H2,1-3H3. The lowest BCUT2D eigenvalue weighted by molar-refractivity contribution is 0.0695. The van der Waals surface area contributed by atoms with Crippen molar-refractivity contribution in [1.29, 1.82) is 0 Å². The van der Waals surface area contributed by atoms with Crippen molar-refractivity contribution in [2.45, 2.75) is 65.1 Å². The largest absolute Gasteiger partial charge is 0.454 e. The van der Waals surface area contributed by atoms with Gasteiger partial charge < -0.3 is 13.9 Å². The molecule has 3 aromatic heterocycles. The second-order valence-corrected chi connectivity index (χ2v) is 7.97. The molecule has 3 aromatic rings. The van der Waals surface area contributed by atoms with Crippen LogP contribution in [0.1, 0.15) is 67.0 Å². The molecule has 29 heavy (non-hydrogen) atoms. The molecule has 0 aromatic carbocycles. The van der Waals surface area contributed by atoms with E-state index in [1.54, 1.807) is 17.1 Å². The molecule has 0 bridgehead atoms. The van der Waals surface area contributed by atoms with Crippen molar-refractivity contribution in [2.75, 3.05) is 6.54 Å². The highest BCUT2D eigenvalue weighted by atomic mass is 16.4. The molecular weight excluding hydrogens is 368 g/mol. The Balaban J connectivity index is 1.40. The molecule has 1 unspecified atom stereocenters. The van der Waals surface area contributed by atoms with Crippen molar-refractivity contribution in [1.82, 2.24) is 29.2 Å². The van der Waals surface area contributed by atoms with Crippen molar-refractivity contribution in [3.8, 4) is 0 Å². The van der Waals surface area contributed by atoms with Gasteiger partial charge in [-0.2, -0.15) is 5.10 Å². The molecule has 8 nitrogen and oxygen atoms in total. The quantitative estimate of drug-likeness (QED) is 0.612. The summed E-state index contributed by atoms with van der Waals surface area (Å²) in [5.74, 6) is 2.17. The Morgan fingerprint density at radius 1 is 1.34 bits per heavy atom. The highest BCUT2D eigenvalue weighted by Crippen LogP contribution is 2.25. The van der Waals surface area contributed by atoms with Crippen LogP contribution >= 0.6 is 0 Å². The lowest BCUT2D eigenvalue weighted by Crippen LogP contribution is -2.35. The van der Waals surface area contributed by atoms with Gasteiger partial charge in [0.05, 0.1) is 0 Å². The number of rotatable bonds is 7. The second kappa shape index (κ2) is 8.23. The molecule has 154 valence electrons. The number of imidazole rings is 1. The van der Waals surface area contributed by atoms with E-state index in [9.17, 15) is 4.79 Å². The zero-order chi connectivity index (χ0) is 20.4. The number of amides is 1. The first-order chi connectivity index (χ1) is 14.0. The van der Waals surface area contributed by atoms with E-state index >= 15 is 0 Å². The third-order valence-corrected chi connectivity index (χ3v) is 5.57. The number of carbonyl (C=O) groups excluding carboxylic acids is 1. The molecule has 1 saturated heterocycles. The molecule has 1 atom stereocenters. The van der Waals surface area contributed by atoms with Crippen LogP contribution in [0, 0.1) is 6.92 Å². The summed E-state index contributed by atoms with van der Waals surface area (Å²) in [6, 6.07) is 4.21. The van der Waals surface area contributed by atoms with Crippen LogP contribution in [0.2, 0.25) is 0 Å². The first-order valence-electron chi connectivity index (χ1n) is 10.3. The fourth-order valence-electron chi connectivity index (χ4n) is 4.28. The molecule has 0 radical (unpaired) electrons. The van der Waals surface area contributed by atoms with Crippen molar-refractivity contribution < 1.29 is 9.21 Å². The number of hydrogen-bond donors (Lipinski definition) is 0. The number of likely N-dealkylation sites (tertiary alicyclic amines) is 1. The van der Waals surface area contributed by atoms with Gasteiger partial charge in [-0.3, -0.25) is 4.79 Å². The van der Waals surface area contributed by atoms with Gasteiger partial charge in [0.1, 0.15) is 30.8 Å². The van der Waals surface area contributed by atoms with Gasteiger partial charge in [0, 0.05) is 36.9 Å². The Kier molecular flexibility index (Phi) is 5.51. The third-order valence-electron chi connectivity index (χ3n) is 5.57. The van der Waals surface area contributed by atoms with E-state index in [-0.39, 0.29) is 11.9 Å². The van der Waals surface area contributed by atoms with E-state index in [1.807, 2.05) is 17.2 Å². The van der Waals surface area contributed by atoms with Gasteiger partial charge in [0.25, 0.3) is 5.91 Å². The van der Waals surface area contributed by atoms with E-state index in [4.69, 9.17) is 4.42 Å². The van der Waals surface area contributed by atoms with Gasteiger partial charge in [-0.05, 0) is 52.2 Å². The van der Waals surface area contributed by atoms with Crippen LogP contribution in [0.3, 0.4) is 0 Å². The molecule has 0 aliphatic carbocycles. The highest BCUT2D eigenvalue weighted by Gasteiger charge is 2.31. The van der Waals surface area contributed by atoms with Crippen molar-refractivity contribution in [2.24, 2.45) is 0 Å². The van der Waals surface area contributed by atoms with Gasteiger partial charge in [-0.1, -0.05) is 0 Å². The number of aromatic nitrogens is 5. The average molecular weight is 396 g/mol. The molecule has 1 fully saturated rings. The van der Waals surface area contributed by atoms with E-state index in [0.717, 1.165) is 38.1 Å². The van der Waals surface area contributed by atoms with E-state index in [0.29, 0.717) is 24.1 Å². The van der Waals surface area contributed by atoms with Crippen molar-refractivity contribution >= 4 is 5.91 Å². The highest BCUT2D eigenvalue weighted by molar-refractivity contribution is 5.92. The molecule has 0 spiro atoms. The number of nitrogens with zero attached hydrogens (tertiary/aromatic N) is 6. The van der Waals surface area contributed by atoms with Gasteiger partial charge in [0.2, 0.25) is 0 Å². The molecular formula is C21H28N6O2. The number of hydrogen-bond acceptors (Lipinski definition) is 5. The first kappa shape index (κ1) is 19.4. The summed E-state index contributed by atoms with van der Waals surface area (Å²) in [6.07, 6.45) is 8.89. The van der Waals surface area contributed by atoms with Crippen LogP contribution in [0.5, 0.6) is 0 Å². The minimum atomic E-state index is -0.0271. The normalized spacial score (nSPS) is 16.8. The Labute approximate surface area is 170 Å². The molecule has 0 N–H and O–H groups in total. The SMILES string of the molecule is Cc1cnc(CCC2CCCN2C(=O)c2ccc(Cn3cncn3)o2)n1C(C)C. The van der Waals surface area contributed by atoms with Crippen molar-refractivity contribution in [3.05, 3.63) is 54.0 Å². The predicted molar refractivity (Wildman–Crippen MR) is 108 cm³/mol. The van der Waals surface area contributed by atoms with Crippen LogP contribution in [-0.2, 0) is 13.0 Å². The summed E-state index contributed by atoms with van der Waals surface area (Å²) in [6.45, 7) is 7.69. The first-order valence-corrected chi connectivity index (χ1v) is 10.3. The molecule has 4 heterocycles. The van der Waals surface area contributed by atoms with Gasteiger partial charge in [-0.25, -0.2) is 14.6 Å². The summed E-state index contributed by atoms with van der Waals surface area (Å²) < 4.78 is 9.75. The minimum absolute atomic E-state index is 0.0271. The smallest absolute Gasteiger partial charge is 0.289 e. The third kappa shape index (κ3) is 4.11. The average Bonchev–Trinajstić information content (AvgIpc) is 3.47. The molecule has 1 aliphatic heterocycles. The van der Waals surface area contributed by atoms with Crippen LogP contribution in [0.4, 0.5) is 0 Å². The van der Waals surface area contributed by atoms with E-state index in [2.05, 4.69) is 40.4 Å². The maximum absolute atomic E-state index is 13.0. The van der Waals surface area contributed by atoms with E-state index < -0.39 is 0 Å². The number of furan rings is 1. The van der Waals surface area contributed by atoms with Crippen LogP contribution in [0.25, 0.3) is 0 Å². The predicted octanol–water partition coefficient (Wildman–Crippen LogP) is 3.24. The van der Waals surface area contributed by atoms with Gasteiger partial charge >= 0.3 is 0 Å². The minimum Gasteiger partial charge on any atom is -0.454 e. The maximum atomic E-state index is 13.0. The Morgan fingerprint density at radius 3 is 2.97 bits per heavy atom. The number of aryl methyl sites for hydroxylation is 2. The fraction of sp³-hybridized carbons (Fsp3) is 0.524. The maximum Gasteiger partial charge on any atom is 0.289 e. The zero-order valence-corrected chi connectivity index (χ0v) is 17.3. The molecule has 0 saturated carbocycles. The van der Waals surface area contributed by atoms with Crippen molar-refractivity contribution in [3.63, 3.8) is 0 Å². The Bertz CT molecular complexity index is 956. The lowest BCUT2D eigenvalue weighted by atomic mass is 10.1. The molecule has 8 heteroatoms.